The van der Waals surface area contributed by atoms with Gasteiger partial charge in [-0.3, -0.25) is 14.5 Å². The molecule has 8 heteroatoms. The second-order valence-electron chi connectivity index (χ2n) is 9.17. The normalized spacial score (nSPS) is 29.3. The van der Waals surface area contributed by atoms with Gasteiger partial charge in [-0.1, -0.05) is 19.1 Å². The van der Waals surface area contributed by atoms with E-state index in [0.717, 1.165) is 31.2 Å². The molecule has 7 nitrogen and oxygen atoms in total. The van der Waals surface area contributed by atoms with Crippen LogP contribution in [0.25, 0.3) is 0 Å². The molecule has 1 N–H and O–H groups in total. The first kappa shape index (κ1) is 21.3. The highest BCUT2D eigenvalue weighted by Gasteiger charge is 2.41. The van der Waals surface area contributed by atoms with Crippen molar-refractivity contribution in [2.75, 3.05) is 36.5 Å². The number of carbonyl (C=O) groups excluding carboxylic acids is 2. The van der Waals surface area contributed by atoms with Crippen molar-refractivity contribution in [3.05, 3.63) is 29.8 Å². The fourth-order valence-corrected chi connectivity index (χ4v) is 6.64. The molecule has 1 aromatic rings. The van der Waals surface area contributed by atoms with Crippen LogP contribution >= 0.6 is 0 Å². The molecule has 164 valence electrons. The summed E-state index contributed by atoms with van der Waals surface area (Å²) in [6.07, 6.45) is 3.17. The lowest BCUT2D eigenvalue weighted by Gasteiger charge is -2.30. The van der Waals surface area contributed by atoms with E-state index in [4.69, 9.17) is 0 Å². The lowest BCUT2D eigenvalue weighted by molar-refractivity contribution is -0.129. The van der Waals surface area contributed by atoms with Crippen LogP contribution in [0.4, 0.5) is 5.69 Å². The van der Waals surface area contributed by atoms with Gasteiger partial charge in [0, 0.05) is 37.8 Å². The van der Waals surface area contributed by atoms with Gasteiger partial charge in [0.15, 0.2) is 9.84 Å². The average molecular weight is 434 g/mol. The zero-order valence-corrected chi connectivity index (χ0v) is 18.4. The van der Waals surface area contributed by atoms with Crippen LogP contribution in [0.3, 0.4) is 0 Å². The number of nitrogens with one attached hydrogen (secondary N) is 1. The highest BCUT2D eigenvalue weighted by molar-refractivity contribution is 7.91. The summed E-state index contributed by atoms with van der Waals surface area (Å²) >= 11 is 0. The van der Waals surface area contributed by atoms with Crippen LogP contribution < -0.4 is 5.32 Å². The van der Waals surface area contributed by atoms with Crippen LogP contribution in [0.15, 0.2) is 24.3 Å². The number of likely N-dealkylation sites (tertiary alicyclic amines) is 2. The standard InChI is InChI=1S/C22H31N3O4S/c1-16-3-2-9-24(12-16)13-17-4-6-19(7-5-17)23-22(27)18-11-21(26)25(14-18)20-8-10-30(28,29)15-20/h4-7,16,18,20H,2-3,8-15H2,1H3,(H,23,27)/t16-,18-,20-/m1/s1. The number of hydrogen-bond acceptors (Lipinski definition) is 5. The minimum Gasteiger partial charge on any atom is -0.338 e. The molecule has 3 fully saturated rings. The van der Waals surface area contributed by atoms with Crippen molar-refractivity contribution in [2.45, 2.75) is 45.2 Å². The van der Waals surface area contributed by atoms with Crippen molar-refractivity contribution in [3.8, 4) is 0 Å². The number of piperidine rings is 1. The number of amides is 2. The predicted octanol–water partition coefficient (Wildman–Crippen LogP) is 1.89. The lowest BCUT2D eigenvalue weighted by Crippen LogP contribution is -2.38. The van der Waals surface area contributed by atoms with E-state index in [9.17, 15) is 18.0 Å². The number of benzene rings is 1. The second-order valence-corrected chi connectivity index (χ2v) is 11.4. The summed E-state index contributed by atoms with van der Waals surface area (Å²) in [6, 6.07) is 7.64. The SMILES string of the molecule is C[C@@H]1CCCN(Cc2ccc(NC(=O)[C@@H]3CC(=O)N([C@@H]4CCS(=O)(=O)C4)C3)cc2)C1. The molecule has 3 aliphatic heterocycles. The summed E-state index contributed by atoms with van der Waals surface area (Å²) in [5.74, 6) is 0.157. The summed E-state index contributed by atoms with van der Waals surface area (Å²) in [4.78, 5) is 29.1. The molecule has 2 amide bonds. The van der Waals surface area contributed by atoms with Gasteiger partial charge in [0.25, 0.3) is 0 Å². The molecule has 3 heterocycles. The molecule has 0 bridgehead atoms. The number of nitrogens with zero attached hydrogens (tertiary/aromatic N) is 2. The van der Waals surface area contributed by atoms with Gasteiger partial charge in [-0.25, -0.2) is 8.42 Å². The van der Waals surface area contributed by atoms with Crippen LogP contribution in [0.5, 0.6) is 0 Å². The lowest BCUT2D eigenvalue weighted by atomic mass is 10.00. The zero-order valence-electron chi connectivity index (χ0n) is 17.5. The largest absolute Gasteiger partial charge is 0.338 e. The van der Waals surface area contributed by atoms with Gasteiger partial charge in [-0.05, 0) is 49.4 Å². The van der Waals surface area contributed by atoms with Crippen molar-refractivity contribution in [1.82, 2.24) is 9.80 Å². The zero-order chi connectivity index (χ0) is 21.3. The second kappa shape index (κ2) is 8.67. The number of anilines is 1. The summed E-state index contributed by atoms with van der Waals surface area (Å²) in [7, 11) is -3.06. The number of hydrogen-bond donors (Lipinski definition) is 1. The number of rotatable bonds is 5. The van der Waals surface area contributed by atoms with E-state index in [0.29, 0.717) is 13.0 Å². The fraction of sp³-hybridized carbons (Fsp3) is 0.636. The molecule has 1 aromatic carbocycles. The van der Waals surface area contributed by atoms with Crippen LogP contribution in [0.1, 0.15) is 38.2 Å². The van der Waals surface area contributed by atoms with Crippen molar-refractivity contribution in [1.29, 1.82) is 0 Å². The Morgan fingerprint density at radius 1 is 1.17 bits per heavy atom. The first-order chi connectivity index (χ1) is 14.3. The Morgan fingerprint density at radius 3 is 2.60 bits per heavy atom. The van der Waals surface area contributed by atoms with Gasteiger partial charge in [0.2, 0.25) is 11.8 Å². The number of carbonyl (C=O) groups is 2. The van der Waals surface area contributed by atoms with E-state index in [1.807, 2.05) is 24.3 Å². The molecule has 30 heavy (non-hydrogen) atoms. The molecule has 0 aromatic heterocycles. The van der Waals surface area contributed by atoms with Crippen LogP contribution in [0.2, 0.25) is 0 Å². The summed E-state index contributed by atoms with van der Waals surface area (Å²) in [5.41, 5.74) is 1.96. The first-order valence-electron chi connectivity index (χ1n) is 10.9. The van der Waals surface area contributed by atoms with E-state index < -0.39 is 15.8 Å². The van der Waals surface area contributed by atoms with Gasteiger partial charge in [0.05, 0.1) is 17.4 Å². The molecule has 0 radical (unpaired) electrons. The monoisotopic (exact) mass is 433 g/mol. The molecule has 0 aliphatic carbocycles. The quantitative estimate of drug-likeness (QED) is 0.766. The van der Waals surface area contributed by atoms with Crippen molar-refractivity contribution in [2.24, 2.45) is 11.8 Å². The van der Waals surface area contributed by atoms with Gasteiger partial charge in [-0.2, -0.15) is 0 Å². The minimum absolute atomic E-state index is 0.0182. The van der Waals surface area contributed by atoms with Gasteiger partial charge in [-0.15, -0.1) is 0 Å². The average Bonchev–Trinajstić information content (AvgIpc) is 3.25. The van der Waals surface area contributed by atoms with Crippen LogP contribution in [-0.2, 0) is 26.0 Å². The topological polar surface area (TPSA) is 86.8 Å². The maximum Gasteiger partial charge on any atom is 0.229 e. The third-order valence-corrected chi connectivity index (χ3v) is 8.30. The van der Waals surface area contributed by atoms with E-state index >= 15 is 0 Å². The summed E-state index contributed by atoms with van der Waals surface area (Å²) in [6.45, 7) is 5.79. The van der Waals surface area contributed by atoms with Crippen molar-refractivity contribution >= 4 is 27.3 Å². The first-order valence-corrected chi connectivity index (χ1v) is 12.7. The summed E-state index contributed by atoms with van der Waals surface area (Å²) in [5, 5.41) is 2.92. The van der Waals surface area contributed by atoms with Crippen LogP contribution in [0, 0.1) is 11.8 Å². The Labute approximate surface area is 178 Å². The van der Waals surface area contributed by atoms with Gasteiger partial charge < -0.3 is 10.2 Å². The van der Waals surface area contributed by atoms with E-state index in [1.54, 1.807) is 4.90 Å². The highest BCUT2D eigenvalue weighted by Crippen LogP contribution is 2.27. The highest BCUT2D eigenvalue weighted by atomic mass is 32.2. The van der Waals surface area contributed by atoms with Gasteiger partial charge in [0.1, 0.15) is 0 Å². The maximum absolute atomic E-state index is 12.7. The van der Waals surface area contributed by atoms with E-state index in [2.05, 4.69) is 17.1 Å². The molecule has 3 atom stereocenters. The molecule has 0 unspecified atom stereocenters. The Kier molecular flexibility index (Phi) is 6.16. The Balaban J connectivity index is 1.30. The molecule has 3 aliphatic rings. The van der Waals surface area contributed by atoms with E-state index in [-0.39, 0.29) is 35.8 Å². The predicted molar refractivity (Wildman–Crippen MR) is 116 cm³/mol. The molecule has 3 saturated heterocycles. The molecule has 4 rings (SSSR count). The number of sulfone groups is 1. The molecule has 0 spiro atoms. The summed E-state index contributed by atoms with van der Waals surface area (Å²) < 4.78 is 23.4. The molecule has 0 saturated carbocycles. The van der Waals surface area contributed by atoms with Crippen molar-refractivity contribution in [3.63, 3.8) is 0 Å². The molecular weight excluding hydrogens is 402 g/mol. The fourth-order valence-electron chi connectivity index (χ4n) is 4.91. The minimum atomic E-state index is -3.06. The molecular formula is C22H31N3O4S. The third-order valence-electron chi connectivity index (χ3n) is 6.55. The smallest absolute Gasteiger partial charge is 0.229 e. The van der Waals surface area contributed by atoms with Crippen LogP contribution in [-0.4, -0.2) is 67.2 Å². The van der Waals surface area contributed by atoms with Gasteiger partial charge >= 0.3 is 0 Å². The Bertz CT molecular complexity index is 899. The maximum atomic E-state index is 12.7. The van der Waals surface area contributed by atoms with E-state index in [1.165, 1.54) is 18.4 Å². The Morgan fingerprint density at radius 2 is 1.93 bits per heavy atom. The third kappa shape index (κ3) is 5.03. The van der Waals surface area contributed by atoms with Crippen molar-refractivity contribution < 1.29 is 18.0 Å². The Hall–Kier alpha value is -1.93.